The van der Waals surface area contributed by atoms with Crippen LogP contribution in [0.4, 0.5) is 0 Å². The van der Waals surface area contributed by atoms with Gasteiger partial charge in [-0.2, -0.15) is 0 Å². The Morgan fingerprint density at radius 1 is 1.75 bits per heavy atom. The Kier molecular flexibility index (Phi) is 3.68. The quantitative estimate of drug-likeness (QED) is 0.460. The van der Waals surface area contributed by atoms with Crippen LogP contribution in [0.25, 0.3) is 0 Å². The molecule has 0 fully saturated rings. The largest absolute Gasteiger partial charge is 0.470 e. The SMILES string of the molecule is CSCOP(=O)(O)O. The summed E-state index contributed by atoms with van der Waals surface area (Å²) in [6, 6.07) is 0. The van der Waals surface area contributed by atoms with Gasteiger partial charge in [0.25, 0.3) is 0 Å². The molecule has 50 valence electrons. The lowest BCUT2D eigenvalue weighted by Crippen LogP contribution is -1.85. The van der Waals surface area contributed by atoms with Gasteiger partial charge in [0.05, 0.1) is 0 Å². The van der Waals surface area contributed by atoms with Crippen molar-refractivity contribution in [3.8, 4) is 0 Å². The van der Waals surface area contributed by atoms with E-state index in [0.29, 0.717) is 0 Å². The summed E-state index contributed by atoms with van der Waals surface area (Å²) in [6.45, 7) is 0. The summed E-state index contributed by atoms with van der Waals surface area (Å²) in [5.74, 6) is 0.0320. The van der Waals surface area contributed by atoms with Crippen molar-refractivity contribution in [2.24, 2.45) is 0 Å². The highest BCUT2D eigenvalue weighted by Crippen LogP contribution is 2.36. The molecular formula is C2H7O4PS. The van der Waals surface area contributed by atoms with Crippen molar-refractivity contribution in [3.63, 3.8) is 0 Å². The maximum Gasteiger partial charge on any atom is 0.470 e. The second-order valence-corrected chi connectivity index (χ2v) is 3.08. The second-order valence-electron chi connectivity index (χ2n) is 1.03. The molecule has 0 saturated heterocycles. The lowest BCUT2D eigenvalue weighted by Gasteiger charge is -2.00. The zero-order valence-corrected chi connectivity index (χ0v) is 5.98. The fourth-order valence-corrected chi connectivity index (χ4v) is 1.09. The molecule has 0 unspecified atom stereocenters. The van der Waals surface area contributed by atoms with E-state index in [1.807, 2.05) is 0 Å². The Labute approximate surface area is 51.5 Å². The van der Waals surface area contributed by atoms with Gasteiger partial charge in [0.2, 0.25) is 0 Å². The fourth-order valence-electron chi connectivity index (χ4n) is 0.121. The highest BCUT2D eigenvalue weighted by Gasteiger charge is 2.11. The van der Waals surface area contributed by atoms with E-state index in [1.165, 1.54) is 11.8 Å². The molecular weight excluding hydrogens is 151 g/mol. The van der Waals surface area contributed by atoms with E-state index in [9.17, 15) is 4.57 Å². The molecule has 8 heavy (non-hydrogen) atoms. The molecule has 0 aromatic heterocycles. The Balaban J connectivity index is 3.26. The Morgan fingerprint density at radius 3 is 2.38 bits per heavy atom. The van der Waals surface area contributed by atoms with Crippen molar-refractivity contribution in [3.05, 3.63) is 0 Å². The van der Waals surface area contributed by atoms with Crippen LogP contribution in [0, 0.1) is 0 Å². The van der Waals surface area contributed by atoms with E-state index in [0.717, 1.165) is 0 Å². The van der Waals surface area contributed by atoms with Crippen molar-refractivity contribution in [2.75, 3.05) is 12.2 Å². The standard InChI is InChI=1S/C2H7O4PS/c1-8-2-6-7(3,4)5/h2H2,1H3,(H2,3,4,5). The maximum absolute atomic E-state index is 9.85. The van der Waals surface area contributed by atoms with Crippen LogP contribution in [-0.2, 0) is 9.09 Å². The van der Waals surface area contributed by atoms with E-state index >= 15 is 0 Å². The molecule has 2 N–H and O–H groups in total. The Hall–Kier alpha value is 0.460. The maximum atomic E-state index is 9.85. The average molecular weight is 158 g/mol. The van der Waals surface area contributed by atoms with Crippen LogP contribution in [0.3, 0.4) is 0 Å². The minimum atomic E-state index is -4.20. The van der Waals surface area contributed by atoms with E-state index in [1.54, 1.807) is 6.26 Å². The molecule has 0 aliphatic carbocycles. The van der Waals surface area contributed by atoms with Gasteiger partial charge in [-0.25, -0.2) is 4.57 Å². The third kappa shape index (κ3) is 6.46. The molecule has 0 spiro atoms. The summed E-state index contributed by atoms with van der Waals surface area (Å²) in [4.78, 5) is 16.0. The number of phosphoric ester groups is 1. The number of phosphoric acid groups is 1. The lowest BCUT2D eigenvalue weighted by atomic mass is 11.7. The van der Waals surface area contributed by atoms with Gasteiger partial charge in [0.1, 0.15) is 5.94 Å². The molecule has 0 aromatic rings. The van der Waals surface area contributed by atoms with Crippen LogP contribution >= 0.6 is 19.6 Å². The average Bonchev–Trinajstić information content (AvgIpc) is 1.59. The van der Waals surface area contributed by atoms with Gasteiger partial charge in [-0.3, -0.25) is 4.52 Å². The normalized spacial score (nSPS) is 11.9. The fraction of sp³-hybridized carbons (Fsp3) is 1.00. The van der Waals surface area contributed by atoms with Crippen LogP contribution in [0.1, 0.15) is 0 Å². The summed E-state index contributed by atoms with van der Waals surface area (Å²) < 4.78 is 13.9. The van der Waals surface area contributed by atoms with Crippen LogP contribution in [0.5, 0.6) is 0 Å². The van der Waals surface area contributed by atoms with Crippen LogP contribution in [0.15, 0.2) is 0 Å². The first-order valence-corrected chi connectivity index (χ1v) is 4.67. The zero-order valence-electron chi connectivity index (χ0n) is 4.27. The number of thioether (sulfide) groups is 1. The van der Waals surface area contributed by atoms with Gasteiger partial charge < -0.3 is 9.79 Å². The van der Waals surface area contributed by atoms with Crippen molar-refractivity contribution < 1.29 is 18.9 Å². The predicted octanol–water partition coefficient (Wildman–Crippen LogP) is 0.416. The van der Waals surface area contributed by atoms with E-state index in [4.69, 9.17) is 9.79 Å². The van der Waals surface area contributed by atoms with E-state index in [-0.39, 0.29) is 5.94 Å². The first kappa shape index (κ1) is 8.46. The summed E-state index contributed by atoms with van der Waals surface area (Å²) in [6.07, 6.45) is 1.69. The topological polar surface area (TPSA) is 66.8 Å². The smallest absolute Gasteiger partial charge is 0.303 e. The highest BCUT2D eigenvalue weighted by atomic mass is 32.2. The second kappa shape index (κ2) is 3.48. The van der Waals surface area contributed by atoms with E-state index in [2.05, 4.69) is 4.52 Å². The van der Waals surface area contributed by atoms with Gasteiger partial charge in [-0.05, 0) is 6.26 Å². The highest BCUT2D eigenvalue weighted by molar-refractivity contribution is 7.98. The Bertz CT molecular complexity index is 98.2. The van der Waals surface area contributed by atoms with Crippen molar-refractivity contribution in [1.29, 1.82) is 0 Å². The zero-order chi connectivity index (χ0) is 6.62. The summed E-state index contributed by atoms with van der Waals surface area (Å²) in [5.41, 5.74) is 0. The molecule has 0 amide bonds. The predicted molar refractivity (Wildman–Crippen MR) is 31.5 cm³/mol. The van der Waals surface area contributed by atoms with Crippen molar-refractivity contribution in [1.82, 2.24) is 0 Å². The van der Waals surface area contributed by atoms with Crippen LogP contribution in [0.2, 0.25) is 0 Å². The van der Waals surface area contributed by atoms with Crippen LogP contribution < -0.4 is 0 Å². The van der Waals surface area contributed by atoms with Crippen LogP contribution in [-0.4, -0.2) is 22.0 Å². The van der Waals surface area contributed by atoms with Crippen molar-refractivity contribution >= 4 is 19.6 Å². The molecule has 0 radical (unpaired) electrons. The molecule has 4 nitrogen and oxygen atoms in total. The van der Waals surface area contributed by atoms with Gasteiger partial charge >= 0.3 is 7.82 Å². The molecule has 0 aliphatic heterocycles. The lowest BCUT2D eigenvalue weighted by molar-refractivity contribution is 0.227. The number of hydrogen-bond donors (Lipinski definition) is 2. The van der Waals surface area contributed by atoms with E-state index < -0.39 is 7.82 Å². The molecule has 0 atom stereocenters. The minimum absolute atomic E-state index is 0.0320. The first-order chi connectivity index (χ1) is 3.56. The molecule has 0 heterocycles. The summed E-state index contributed by atoms with van der Waals surface area (Å²) in [5, 5.41) is 0. The molecule has 0 bridgehead atoms. The van der Waals surface area contributed by atoms with Gasteiger partial charge in [0, 0.05) is 0 Å². The molecule has 0 saturated carbocycles. The molecule has 0 rings (SSSR count). The Morgan fingerprint density at radius 2 is 2.25 bits per heavy atom. The number of rotatable bonds is 3. The molecule has 0 aliphatic rings. The third-order valence-corrected chi connectivity index (χ3v) is 1.33. The molecule has 0 aromatic carbocycles. The monoisotopic (exact) mass is 158 g/mol. The summed E-state index contributed by atoms with van der Waals surface area (Å²) >= 11 is 1.21. The van der Waals surface area contributed by atoms with Gasteiger partial charge in [-0.1, -0.05) is 0 Å². The summed E-state index contributed by atoms with van der Waals surface area (Å²) in [7, 11) is -4.20. The first-order valence-electron chi connectivity index (χ1n) is 1.75. The third-order valence-electron chi connectivity index (χ3n) is 0.339. The van der Waals surface area contributed by atoms with Crippen molar-refractivity contribution in [2.45, 2.75) is 0 Å². The minimum Gasteiger partial charge on any atom is -0.303 e. The number of hydrogen-bond acceptors (Lipinski definition) is 3. The van der Waals surface area contributed by atoms with Gasteiger partial charge in [0.15, 0.2) is 0 Å². The molecule has 6 heteroatoms. The van der Waals surface area contributed by atoms with Gasteiger partial charge in [-0.15, -0.1) is 11.8 Å².